The minimum Gasteiger partial charge on any atom is -0.483 e. The Hall–Kier alpha value is -3.13. The highest BCUT2D eigenvalue weighted by Gasteiger charge is 2.32. The first-order valence-corrected chi connectivity index (χ1v) is 11.7. The van der Waals surface area contributed by atoms with Crippen molar-refractivity contribution in [1.29, 1.82) is 0 Å². The largest absolute Gasteiger partial charge is 0.483 e. The number of amides is 2. The third kappa shape index (κ3) is 6.01. The normalized spacial score (nSPS) is 14.6. The number of benzene rings is 3. The van der Waals surface area contributed by atoms with Crippen LogP contribution in [0.25, 0.3) is 6.08 Å². The average molecular weight is 495 g/mol. The topological polar surface area (TPSA) is 58.6 Å². The van der Waals surface area contributed by atoms with Gasteiger partial charge in [0.25, 0.3) is 11.8 Å². The third-order valence-electron chi connectivity index (χ3n) is 4.73. The van der Waals surface area contributed by atoms with Crippen molar-refractivity contribution in [3.8, 4) is 5.75 Å². The summed E-state index contributed by atoms with van der Waals surface area (Å²) in [6.07, 6.45) is 1.74. The van der Waals surface area contributed by atoms with Gasteiger partial charge < -0.3 is 10.1 Å². The predicted molar refractivity (Wildman–Crippen MR) is 137 cm³/mol. The van der Waals surface area contributed by atoms with Gasteiger partial charge in [0, 0.05) is 16.3 Å². The van der Waals surface area contributed by atoms with Crippen molar-refractivity contribution >= 4 is 63.5 Å². The molecule has 166 valence electrons. The highest BCUT2D eigenvalue weighted by Crippen LogP contribution is 2.35. The van der Waals surface area contributed by atoms with E-state index in [-0.39, 0.29) is 18.4 Å². The van der Waals surface area contributed by atoms with Crippen LogP contribution in [0.5, 0.6) is 5.75 Å². The summed E-state index contributed by atoms with van der Waals surface area (Å²) >= 11 is 12.6. The molecular formula is C25H19ClN2O3S2. The number of ether oxygens (including phenoxy) is 1. The second-order valence-electron chi connectivity index (χ2n) is 7.14. The van der Waals surface area contributed by atoms with Gasteiger partial charge in [-0.05, 0) is 35.9 Å². The summed E-state index contributed by atoms with van der Waals surface area (Å²) in [5.41, 5.74) is 2.28. The molecule has 1 heterocycles. The van der Waals surface area contributed by atoms with Gasteiger partial charge in [-0.2, -0.15) is 0 Å². The molecule has 0 spiro atoms. The molecule has 33 heavy (non-hydrogen) atoms. The fourth-order valence-electron chi connectivity index (χ4n) is 3.18. The fraction of sp³-hybridized carbons (Fsp3) is 0.0800. The lowest BCUT2D eigenvalue weighted by Gasteiger charge is -2.14. The van der Waals surface area contributed by atoms with Crippen molar-refractivity contribution < 1.29 is 14.3 Å². The van der Waals surface area contributed by atoms with E-state index in [1.54, 1.807) is 41.3 Å². The highest BCUT2D eigenvalue weighted by molar-refractivity contribution is 8.26. The molecule has 1 aliphatic rings. The zero-order valence-corrected chi connectivity index (χ0v) is 19.8. The maximum Gasteiger partial charge on any atom is 0.266 e. The molecule has 1 saturated heterocycles. The molecule has 0 atom stereocenters. The molecule has 0 aliphatic carbocycles. The van der Waals surface area contributed by atoms with Crippen LogP contribution >= 0.6 is 35.6 Å². The Balaban J connectivity index is 1.44. The van der Waals surface area contributed by atoms with Crippen LogP contribution in [0.1, 0.15) is 11.1 Å². The Kier molecular flexibility index (Phi) is 7.44. The number of thiocarbonyl (C=S) groups is 1. The van der Waals surface area contributed by atoms with Crippen LogP contribution in [0.3, 0.4) is 0 Å². The summed E-state index contributed by atoms with van der Waals surface area (Å²) < 4.78 is 6.25. The van der Waals surface area contributed by atoms with E-state index in [9.17, 15) is 9.59 Å². The van der Waals surface area contributed by atoms with Gasteiger partial charge in [-0.15, -0.1) is 0 Å². The zero-order chi connectivity index (χ0) is 23.2. The van der Waals surface area contributed by atoms with E-state index >= 15 is 0 Å². The van der Waals surface area contributed by atoms with E-state index in [0.29, 0.717) is 37.8 Å². The Morgan fingerprint density at radius 1 is 1.06 bits per heavy atom. The number of halogens is 1. The van der Waals surface area contributed by atoms with Crippen molar-refractivity contribution in [3.63, 3.8) is 0 Å². The van der Waals surface area contributed by atoms with Gasteiger partial charge >= 0.3 is 0 Å². The molecule has 0 radical (unpaired) electrons. The van der Waals surface area contributed by atoms with Gasteiger partial charge in [0.15, 0.2) is 6.61 Å². The molecule has 8 heteroatoms. The number of anilines is 1. The predicted octanol–water partition coefficient (Wildman–Crippen LogP) is 5.76. The first kappa shape index (κ1) is 23.0. The number of rotatable bonds is 7. The van der Waals surface area contributed by atoms with Crippen molar-refractivity contribution in [3.05, 3.63) is 99.9 Å². The van der Waals surface area contributed by atoms with Gasteiger partial charge in [0.2, 0.25) is 0 Å². The van der Waals surface area contributed by atoms with E-state index in [4.69, 9.17) is 28.6 Å². The molecule has 3 aromatic carbocycles. The molecule has 0 unspecified atom stereocenters. The van der Waals surface area contributed by atoms with Gasteiger partial charge in [0.05, 0.1) is 11.4 Å². The van der Waals surface area contributed by atoms with Crippen LogP contribution in [-0.2, 0) is 16.1 Å². The smallest absolute Gasteiger partial charge is 0.266 e. The summed E-state index contributed by atoms with van der Waals surface area (Å²) in [5.74, 6) is 0.0238. The van der Waals surface area contributed by atoms with Crippen molar-refractivity contribution in [2.24, 2.45) is 0 Å². The van der Waals surface area contributed by atoms with Crippen LogP contribution in [0.15, 0.2) is 83.8 Å². The quantitative estimate of drug-likeness (QED) is 0.334. The van der Waals surface area contributed by atoms with Crippen molar-refractivity contribution in [2.75, 3.05) is 11.9 Å². The van der Waals surface area contributed by atoms with Crippen molar-refractivity contribution in [2.45, 2.75) is 6.54 Å². The molecule has 0 saturated carbocycles. The minimum absolute atomic E-state index is 0.151. The van der Waals surface area contributed by atoms with E-state index in [1.165, 1.54) is 11.8 Å². The molecule has 1 fully saturated rings. The number of carbonyl (C=O) groups is 2. The fourth-order valence-corrected chi connectivity index (χ4v) is 4.62. The SMILES string of the molecule is O=C(COc1ccccc1/C=C1\SC(=S)N(Cc2ccccc2)C1=O)Nc1cccc(Cl)c1. The number of nitrogens with zero attached hydrogens (tertiary/aromatic N) is 1. The Morgan fingerprint density at radius 3 is 2.61 bits per heavy atom. The molecule has 0 bridgehead atoms. The summed E-state index contributed by atoms with van der Waals surface area (Å²) in [7, 11) is 0. The summed E-state index contributed by atoms with van der Waals surface area (Å²) in [6.45, 7) is 0.233. The molecule has 3 aromatic rings. The number of para-hydroxylation sites is 1. The van der Waals surface area contributed by atoms with Gasteiger partial charge in [0.1, 0.15) is 10.1 Å². The molecule has 0 aromatic heterocycles. The molecular weight excluding hydrogens is 476 g/mol. The molecule has 5 nitrogen and oxygen atoms in total. The van der Waals surface area contributed by atoms with E-state index in [0.717, 1.165) is 5.56 Å². The van der Waals surface area contributed by atoms with Gasteiger partial charge in [-0.3, -0.25) is 14.5 Å². The first-order valence-electron chi connectivity index (χ1n) is 10.1. The van der Waals surface area contributed by atoms with Gasteiger partial charge in [-0.25, -0.2) is 0 Å². The third-order valence-corrected chi connectivity index (χ3v) is 6.34. The van der Waals surface area contributed by atoms with E-state index in [1.807, 2.05) is 48.5 Å². The van der Waals surface area contributed by atoms with Crippen LogP contribution in [0.4, 0.5) is 5.69 Å². The second kappa shape index (κ2) is 10.7. The van der Waals surface area contributed by atoms with E-state index < -0.39 is 0 Å². The lowest BCUT2D eigenvalue weighted by Crippen LogP contribution is -2.27. The Bertz CT molecular complexity index is 1230. The Morgan fingerprint density at radius 2 is 1.82 bits per heavy atom. The first-order chi connectivity index (χ1) is 16.0. The maximum atomic E-state index is 13.0. The number of nitrogens with one attached hydrogen (secondary N) is 1. The van der Waals surface area contributed by atoms with Crippen LogP contribution in [-0.4, -0.2) is 27.6 Å². The second-order valence-corrected chi connectivity index (χ2v) is 9.25. The van der Waals surface area contributed by atoms with Crippen molar-refractivity contribution in [1.82, 2.24) is 4.90 Å². The van der Waals surface area contributed by atoms with Crippen LogP contribution in [0, 0.1) is 0 Å². The van der Waals surface area contributed by atoms with E-state index in [2.05, 4.69) is 5.32 Å². The lowest BCUT2D eigenvalue weighted by molar-refractivity contribution is -0.122. The number of carbonyl (C=O) groups excluding carboxylic acids is 2. The molecule has 1 N–H and O–H groups in total. The zero-order valence-electron chi connectivity index (χ0n) is 17.4. The molecule has 4 rings (SSSR count). The monoisotopic (exact) mass is 494 g/mol. The standard InChI is InChI=1S/C25H19ClN2O3S2/c26-19-10-6-11-20(14-19)27-23(29)16-31-21-12-5-4-9-18(21)13-22-24(30)28(25(32)33-22)15-17-7-2-1-3-8-17/h1-14H,15-16H2,(H,27,29)/b22-13-. The summed E-state index contributed by atoms with van der Waals surface area (Å²) in [6, 6.07) is 23.8. The Labute approximate surface area is 206 Å². The summed E-state index contributed by atoms with van der Waals surface area (Å²) in [4.78, 5) is 27.4. The maximum absolute atomic E-state index is 13.0. The minimum atomic E-state index is -0.318. The molecule has 1 aliphatic heterocycles. The summed E-state index contributed by atoms with van der Waals surface area (Å²) in [5, 5.41) is 3.27. The number of thioether (sulfide) groups is 1. The highest BCUT2D eigenvalue weighted by atomic mass is 35.5. The number of hydrogen-bond donors (Lipinski definition) is 1. The van der Waals surface area contributed by atoms with Gasteiger partial charge in [-0.1, -0.05) is 90.2 Å². The number of hydrogen-bond acceptors (Lipinski definition) is 5. The van der Waals surface area contributed by atoms with Crippen LogP contribution in [0.2, 0.25) is 5.02 Å². The van der Waals surface area contributed by atoms with Crippen LogP contribution < -0.4 is 10.1 Å². The molecule has 2 amide bonds. The average Bonchev–Trinajstić information content (AvgIpc) is 3.06. The lowest BCUT2D eigenvalue weighted by atomic mass is 10.1.